The zero-order valence-electron chi connectivity index (χ0n) is 27.3. The Morgan fingerprint density at radius 2 is 1.73 bits per heavy atom. The van der Waals surface area contributed by atoms with Gasteiger partial charge < -0.3 is 28.3 Å². The largest absolute Gasteiger partial charge is 0.493 e. The second-order valence-electron chi connectivity index (χ2n) is 12.5. The third-order valence-corrected chi connectivity index (χ3v) is 8.08. The summed E-state index contributed by atoms with van der Waals surface area (Å²) >= 11 is 0. The number of carbonyl (C=O) groups excluding carboxylic acids is 1. The molecule has 3 rings (SSSR count). The van der Waals surface area contributed by atoms with E-state index in [1.807, 2.05) is 72.0 Å². The quantitative estimate of drug-likeness (QED) is 0.168. The van der Waals surface area contributed by atoms with Crippen molar-refractivity contribution in [3.05, 3.63) is 42.1 Å². The number of nitrogens with zero attached hydrogens (tertiary/aromatic N) is 4. The number of fused-ring (bicyclic) bond motifs is 1. The summed E-state index contributed by atoms with van der Waals surface area (Å²) in [4.78, 5) is 31.4. The predicted molar refractivity (Wildman–Crippen MR) is 171 cm³/mol. The van der Waals surface area contributed by atoms with E-state index in [0.29, 0.717) is 34.6 Å². The van der Waals surface area contributed by atoms with Gasteiger partial charge in [-0.05, 0) is 65.9 Å². The molecule has 0 aliphatic rings. The van der Waals surface area contributed by atoms with Crippen LogP contribution in [0.25, 0.3) is 22.3 Å². The van der Waals surface area contributed by atoms with Gasteiger partial charge in [-0.15, -0.1) is 0 Å². The van der Waals surface area contributed by atoms with E-state index in [9.17, 15) is 14.7 Å². The second-order valence-corrected chi connectivity index (χ2v) is 13.8. The molecule has 0 bridgehead atoms. The molecule has 0 saturated heterocycles. The molecule has 1 unspecified atom stereocenters. The van der Waals surface area contributed by atoms with Crippen LogP contribution in [0, 0.1) is 11.3 Å². The van der Waals surface area contributed by atoms with E-state index in [1.54, 1.807) is 28.9 Å². The van der Waals surface area contributed by atoms with Crippen LogP contribution in [0.4, 0.5) is 4.79 Å². The average molecular weight is 641 g/mol. The van der Waals surface area contributed by atoms with Gasteiger partial charge in [-0.1, -0.05) is 26.0 Å². The van der Waals surface area contributed by atoms with E-state index in [2.05, 4.69) is 18.9 Å². The second kappa shape index (κ2) is 14.7. The van der Waals surface area contributed by atoms with E-state index in [0.717, 1.165) is 0 Å². The molecule has 4 radical (unpaired) electrons. The normalized spacial score (nSPS) is 13.0. The minimum Gasteiger partial charge on any atom is -0.493 e. The molecule has 44 heavy (non-hydrogen) atoms. The molecule has 2 heterocycles. The number of rotatable bonds is 14. The van der Waals surface area contributed by atoms with Crippen molar-refractivity contribution < 1.29 is 33.0 Å². The van der Waals surface area contributed by atoms with Crippen LogP contribution >= 0.6 is 0 Å². The summed E-state index contributed by atoms with van der Waals surface area (Å²) in [7, 11) is 2.16. The lowest BCUT2D eigenvalue weighted by molar-refractivity contribution is -0.115. The van der Waals surface area contributed by atoms with Crippen LogP contribution in [0.15, 0.2) is 36.5 Å². The highest BCUT2D eigenvalue weighted by Gasteiger charge is 2.40. The number of carboxylic acids is 1. The monoisotopic (exact) mass is 640 g/mol. The van der Waals surface area contributed by atoms with Crippen LogP contribution in [0.5, 0.6) is 5.75 Å². The third-order valence-electron chi connectivity index (χ3n) is 7.18. The Balaban J connectivity index is 1.94. The number of ether oxygens (including phenoxy) is 2. The van der Waals surface area contributed by atoms with Gasteiger partial charge in [0, 0.05) is 36.5 Å². The lowest BCUT2D eigenvalue weighted by atomic mass is 9.78. The molecule has 238 valence electrons. The van der Waals surface area contributed by atoms with Crippen molar-refractivity contribution >= 4 is 42.6 Å². The lowest BCUT2D eigenvalue weighted by Gasteiger charge is -2.41. The van der Waals surface area contributed by atoms with Gasteiger partial charge in [-0.25, -0.2) is 19.3 Å². The highest BCUT2D eigenvalue weighted by Crippen LogP contribution is 2.35. The van der Waals surface area contributed by atoms with Crippen LogP contribution in [0.2, 0.25) is 13.1 Å². The Morgan fingerprint density at radius 3 is 2.30 bits per heavy atom. The molecule has 2 aromatic heterocycles. The number of hydrogen-bond donors (Lipinski definition) is 1. The Labute approximate surface area is 265 Å². The van der Waals surface area contributed by atoms with Crippen molar-refractivity contribution in [1.82, 2.24) is 19.7 Å². The topological polar surface area (TPSA) is 125 Å². The number of benzene rings is 1. The number of hydrogen-bond acceptors (Lipinski definition) is 8. The van der Waals surface area contributed by atoms with Crippen molar-refractivity contribution in [3.63, 3.8) is 0 Å². The Hall–Kier alpha value is -3.27. The molecular weight excluding hydrogens is 597 g/mol. The number of aromatic nitrogens is 3. The fourth-order valence-electron chi connectivity index (χ4n) is 4.64. The van der Waals surface area contributed by atoms with Crippen LogP contribution in [0.1, 0.15) is 64.9 Å². The van der Waals surface area contributed by atoms with Crippen molar-refractivity contribution in [2.45, 2.75) is 79.5 Å². The van der Waals surface area contributed by atoms with Gasteiger partial charge in [0.1, 0.15) is 17.6 Å². The molecule has 1 aromatic carbocycles. The number of amides is 1. The van der Waals surface area contributed by atoms with Gasteiger partial charge in [-0.3, -0.25) is 0 Å². The van der Waals surface area contributed by atoms with E-state index in [4.69, 9.17) is 23.3 Å². The van der Waals surface area contributed by atoms with E-state index < -0.39 is 29.4 Å². The van der Waals surface area contributed by atoms with Crippen LogP contribution in [-0.2, 0) is 13.6 Å². The standard InChI is InChI=1S/C31H44N4O7Si2/c1-19(2)35-26-24(16-32-35)23(27(36)37)15-25(33-26)20-12-11-13-22(14-20)39-18-21(17-34(8)29(38)40-30(3,4)5)31(6,7)28(41-43-9)42-44-10/h11-16,19,21,28H,17-18H2,1-10H3,(H,36,37). The van der Waals surface area contributed by atoms with Gasteiger partial charge in [0.25, 0.3) is 0 Å². The Kier molecular flexibility index (Phi) is 11.7. The molecule has 0 aliphatic carbocycles. The molecule has 0 saturated carbocycles. The molecule has 3 aromatic rings. The van der Waals surface area contributed by atoms with Crippen LogP contribution in [-0.4, -0.2) is 88.5 Å². The van der Waals surface area contributed by atoms with Crippen molar-refractivity contribution in [2.24, 2.45) is 11.3 Å². The van der Waals surface area contributed by atoms with E-state index in [-0.39, 0.29) is 43.7 Å². The highest BCUT2D eigenvalue weighted by atomic mass is 28.2. The summed E-state index contributed by atoms with van der Waals surface area (Å²) < 4.78 is 25.7. The van der Waals surface area contributed by atoms with Gasteiger partial charge in [0.15, 0.2) is 5.65 Å². The summed E-state index contributed by atoms with van der Waals surface area (Å²) in [5.74, 6) is -0.685. The lowest BCUT2D eigenvalue weighted by Crippen LogP contribution is -2.49. The number of pyridine rings is 1. The number of carbonyl (C=O) groups is 2. The first kappa shape index (κ1) is 35.2. The first-order chi connectivity index (χ1) is 20.6. The van der Waals surface area contributed by atoms with Gasteiger partial charge >= 0.3 is 12.1 Å². The maximum Gasteiger partial charge on any atom is 0.410 e. The Morgan fingerprint density at radius 1 is 1.07 bits per heavy atom. The van der Waals surface area contributed by atoms with Gasteiger partial charge in [0.2, 0.25) is 19.5 Å². The summed E-state index contributed by atoms with van der Waals surface area (Å²) in [5, 5.41) is 14.8. The summed E-state index contributed by atoms with van der Waals surface area (Å²) in [6, 6.07) is 8.95. The predicted octanol–water partition coefficient (Wildman–Crippen LogP) is 5.96. The summed E-state index contributed by atoms with van der Waals surface area (Å²) in [6.45, 7) is 18.0. The molecule has 11 nitrogen and oxygen atoms in total. The molecule has 1 N–H and O–H groups in total. The summed E-state index contributed by atoms with van der Waals surface area (Å²) in [5.41, 5.74) is 0.673. The number of carboxylic acid groups (broad SMARTS) is 1. The first-order valence-corrected chi connectivity index (χ1v) is 17.3. The zero-order chi connectivity index (χ0) is 32.8. The maximum atomic E-state index is 12.9. The molecule has 0 aliphatic heterocycles. The fraction of sp³-hybridized carbons (Fsp3) is 0.548. The molecule has 0 spiro atoms. The molecule has 13 heteroatoms. The van der Waals surface area contributed by atoms with Crippen molar-refractivity contribution in [1.29, 1.82) is 0 Å². The van der Waals surface area contributed by atoms with E-state index >= 15 is 0 Å². The molecule has 1 amide bonds. The molecule has 1 atom stereocenters. The van der Waals surface area contributed by atoms with Gasteiger partial charge in [-0.2, -0.15) is 5.10 Å². The summed E-state index contributed by atoms with van der Waals surface area (Å²) in [6.07, 6.45) is 0.617. The molecular formula is C31H44N4O7Si2. The van der Waals surface area contributed by atoms with Crippen LogP contribution < -0.4 is 4.74 Å². The highest BCUT2D eigenvalue weighted by molar-refractivity contribution is 6.26. The van der Waals surface area contributed by atoms with Gasteiger partial charge in [0.05, 0.1) is 29.4 Å². The number of aromatic carboxylic acids is 1. The Bertz CT molecular complexity index is 1430. The van der Waals surface area contributed by atoms with E-state index in [1.165, 1.54) is 0 Å². The smallest absolute Gasteiger partial charge is 0.410 e. The molecule has 0 fully saturated rings. The first-order valence-electron chi connectivity index (χ1n) is 14.5. The minimum atomic E-state index is -1.05. The zero-order valence-corrected chi connectivity index (χ0v) is 29.3. The van der Waals surface area contributed by atoms with Crippen molar-refractivity contribution in [3.8, 4) is 17.0 Å². The third kappa shape index (κ3) is 8.67. The average Bonchev–Trinajstić information content (AvgIpc) is 3.38. The fourth-order valence-corrected chi connectivity index (χ4v) is 5.87. The maximum absolute atomic E-state index is 12.9. The van der Waals surface area contributed by atoms with Crippen molar-refractivity contribution in [2.75, 3.05) is 20.2 Å². The minimum absolute atomic E-state index is 0.00364. The SMILES string of the molecule is C[Si]OC(O[Si]C)C(C)(C)C(COc1cccc(-c2cc(C(=O)O)c3cnn(C(C)C)c3n2)c1)CN(C)C(=O)OC(C)(C)C. The van der Waals surface area contributed by atoms with Crippen LogP contribution in [0.3, 0.4) is 0 Å².